The summed E-state index contributed by atoms with van der Waals surface area (Å²) in [7, 11) is 0. The Balaban J connectivity index is 1.83. The predicted molar refractivity (Wildman–Crippen MR) is 76.2 cm³/mol. The zero-order valence-corrected chi connectivity index (χ0v) is 11.9. The van der Waals surface area contributed by atoms with Gasteiger partial charge >= 0.3 is 0 Å². The Morgan fingerprint density at radius 1 is 1.39 bits per heavy atom. The largest absolute Gasteiger partial charge is 0.397 e. The second-order valence-electron chi connectivity index (χ2n) is 3.74. The number of hydrogen-bond acceptors (Lipinski definition) is 4. The topological polar surface area (TPSA) is 68.0 Å². The van der Waals surface area contributed by atoms with Crippen LogP contribution in [0.25, 0.3) is 0 Å². The van der Waals surface area contributed by atoms with Crippen molar-refractivity contribution in [3.63, 3.8) is 0 Å². The van der Waals surface area contributed by atoms with Crippen molar-refractivity contribution in [3.8, 4) is 0 Å². The summed E-state index contributed by atoms with van der Waals surface area (Å²) in [6.45, 7) is 0.546. The number of pyridine rings is 1. The fraction of sp³-hybridized carbons (Fsp3) is 0.167. The van der Waals surface area contributed by atoms with Gasteiger partial charge in [0.05, 0.1) is 28.6 Å². The summed E-state index contributed by atoms with van der Waals surface area (Å²) in [5.74, 6) is -0.0446. The maximum atomic E-state index is 11.7. The van der Waals surface area contributed by atoms with E-state index in [-0.39, 0.29) is 12.3 Å². The summed E-state index contributed by atoms with van der Waals surface area (Å²) < 4.78 is 1.06. The van der Waals surface area contributed by atoms with Crippen molar-refractivity contribution in [2.24, 2.45) is 0 Å². The number of nitrogens with one attached hydrogen (secondary N) is 1. The molecule has 94 valence electrons. The molecule has 4 nitrogen and oxygen atoms in total. The third-order valence-corrected chi connectivity index (χ3v) is 3.90. The zero-order valence-electron chi connectivity index (χ0n) is 9.52. The molecule has 0 atom stereocenters. The second kappa shape index (κ2) is 5.97. The molecule has 0 fully saturated rings. The average molecular weight is 326 g/mol. The van der Waals surface area contributed by atoms with E-state index in [0.29, 0.717) is 17.9 Å². The van der Waals surface area contributed by atoms with Crippen molar-refractivity contribution in [1.82, 2.24) is 10.3 Å². The van der Waals surface area contributed by atoms with Crippen LogP contribution in [-0.4, -0.2) is 10.9 Å². The molecule has 2 aromatic heterocycles. The minimum Gasteiger partial charge on any atom is -0.397 e. The Morgan fingerprint density at radius 2 is 2.22 bits per heavy atom. The number of aromatic nitrogens is 1. The molecule has 0 saturated carbocycles. The number of nitrogens with two attached hydrogens (primary N) is 1. The van der Waals surface area contributed by atoms with Crippen LogP contribution < -0.4 is 11.1 Å². The van der Waals surface area contributed by atoms with Gasteiger partial charge in [-0.1, -0.05) is 0 Å². The molecule has 0 aliphatic rings. The Hall–Kier alpha value is -1.40. The van der Waals surface area contributed by atoms with Crippen molar-refractivity contribution in [3.05, 3.63) is 44.8 Å². The molecule has 3 N–H and O–H groups in total. The summed E-state index contributed by atoms with van der Waals surface area (Å²) in [5, 5.41) is 2.85. The highest BCUT2D eigenvalue weighted by molar-refractivity contribution is 9.11. The number of anilines is 1. The van der Waals surface area contributed by atoms with Crippen LogP contribution in [0.5, 0.6) is 0 Å². The monoisotopic (exact) mass is 325 g/mol. The van der Waals surface area contributed by atoms with Crippen molar-refractivity contribution in [1.29, 1.82) is 0 Å². The van der Waals surface area contributed by atoms with Gasteiger partial charge in [-0.3, -0.25) is 9.78 Å². The SMILES string of the molecule is Nc1ccc(CC(=O)NCc2ccc(Br)s2)nc1. The van der Waals surface area contributed by atoms with Crippen LogP contribution >= 0.6 is 27.3 Å². The number of carbonyl (C=O) groups excluding carboxylic acids is 1. The van der Waals surface area contributed by atoms with Gasteiger partial charge in [0.2, 0.25) is 5.91 Å². The normalized spacial score (nSPS) is 10.3. The first kappa shape index (κ1) is 13.0. The van der Waals surface area contributed by atoms with E-state index in [4.69, 9.17) is 5.73 Å². The van der Waals surface area contributed by atoms with Crippen LogP contribution in [0.2, 0.25) is 0 Å². The minimum absolute atomic E-state index is 0.0446. The number of hydrogen-bond donors (Lipinski definition) is 2. The molecule has 0 unspecified atom stereocenters. The number of rotatable bonds is 4. The lowest BCUT2D eigenvalue weighted by atomic mass is 10.2. The molecule has 0 radical (unpaired) electrons. The fourth-order valence-corrected chi connectivity index (χ4v) is 2.82. The molecule has 0 bridgehead atoms. The number of nitrogens with zero attached hydrogens (tertiary/aromatic N) is 1. The summed E-state index contributed by atoms with van der Waals surface area (Å²) >= 11 is 4.99. The lowest BCUT2D eigenvalue weighted by Gasteiger charge is -2.03. The Morgan fingerprint density at radius 3 is 2.83 bits per heavy atom. The Labute approximate surface area is 117 Å². The first-order chi connectivity index (χ1) is 8.63. The predicted octanol–water partition coefficient (Wildman–Crippen LogP) is 2.35. The molecule has 1 amide bonds. The lowest BCUT2D eigenvalue weighted by Crippen LogP contribution is -2.24. The van der Waals surface area contributed by atoms with E-state index >= 15 is 0 Å². The van der Waals surface area contributed by atoms with Crippen molar-refractivity contribution in [2.45, 2.75) is 13.0 Å². The number of halogens is 1. The number of carbonyl (C=O) groups is 1. The van der Waals surface area contributed by atoms with Gasteiger partial charge in [0.15, 0.2) is 0 Å². The van der Waals surface area contributed by atoms with E-state index in [1.54, 1.807) is 29.7 Å². The fourth-order valence-electron chi connectivity index (χ4n) is 1.40. The standard InChI is InChI=1S/C12H12BrN3OS/c13-11-4-3-10(18-11)7-16-12(17)5-9-2-1-8(14)6-15-9/h1-4,6H,5,7,14H2,(H,16,17). The van der Waals surface area contributed by atoms with Crippen LogP contribution in [0.1, 0.15) is 10.6 Å². The van der Waals surface area contributed by atoms with E-state index in [9.17, 15) is 4.79 Å². The van der Waals surface area contributed by atoms with E-state index in [2.05, 4.69) is 26.2 Å². The van der Waals surface area contributed by atoms with Gasteiger partial charge in [-0.05, 0) is 40.2 Å². The average Bonchev–Trinajstić information content (AvgIpc) is 2.76. The van der Waals surface area contributed by atoms with E-state index in [0.717, 1.165) is 8.66 Å². The maximum Gasteiger partial charge on any atom is 0.226 e. The quantitative estimate of drug-likeness (QED) is 0.906. The molecule has 0 aliphatic carbocycles. The van der Waals surface area contributed by atoms with Crippen molar-refractivity contribution >= 4 is 38.9 Å². The van der Waals surface area contributed by atoms with E-state index < -0.39 is 0 Å². The van der Waals surface area contributed by atoms with Crippen LogP contribution in [0.15, 0.2) is 34.2 Å². The summed E-state index contributed by atoms with van der Waals surface area (Å²) in [4.78, 5) is 16.9. The van der Waals surface area contributed by atoms with Crippen LogP contribution in [0.4, 0.5) is 5.69 Å². The third-order valence-electron chi connectivity index (χ3n) is 2.28. The molecule has 6 heteroatoms. The Bertz CT molecular complexity index is 539. The first-order valence-electron chi connectivity index (χ1n) is 5.35. The molecule has 0 aliphatic heterocycles. The summed E-state index contributed by atoms with van der Waals surface area (Å²) in [6, 6.07) is 7.45. The van der Waals surface area contributed by atoms with Gasteiger partial charge in [-0.2, -0.15) is 0 Å². The first-order valence-corrected chi connectivity index (χ1v) is 6.96. The van der Waals surface area contributed by atoms with Gasteiger partial charge in [0.25, 0.3) is 0 Å². The number of thiophene rings is 1. The van der Waals surface area contributed by atoms with Crippen molar-refractivity contribution < 1.29 is 4.79 Å². The molecule has 2 rings (SSSR count). The van der Waals surface area contributed by atoms with Crippen LogP contribution in [-0.2, 0) is 17.8 Å². The highest BCUT2D eigenvalue weighted by Crippen LogP contribution is 2.21. The molecule has 2 aromatic rings. The third kappa shape index (κ3) is 3.82. The number of nitrogen functional groups attached to an aromatic ring is 1. The van der Waals surface area contributed by atoms with E-state index in [1.165, 1.54) is 0 Å². The molecular formula is C12H12BrN3OS. The van der Waals surface area contributed by atoms with Crippen LogP contribution in [0, 0.1) is 0 Å². The highest BCUT2D eigenvalue weighted by atomic mass is 79.9. The minimum atomic E-state index is -0.0446. The van der Waals surface area contributed by atoms with Gasteiger partial charge in [0.1, 0.15) is 0 Å². The smallest absolute Gasteiger partial charge is 0.226 e. The van der Waals surface area contributed by atoms with Gasteiger partial charge < -0.3 is 11.1 Å². The summed E-state index contributed by atoms with van der Waals surface area (Å²) in [6.07, 6.45) is 1.83. The second-order valence-corrected chi connectivity index (χ2v) is 6.29. The zero-order chi connectivity index (χ0) is 13.0. The highest BCUT2D eigenvalue weighted by Gasteiger charge is 2.05. The molecule has 0 aromatic carbocycles. The molecule has 18 heavy (non-hydrogen) atoms. The van der Waals surface area contributed by atoms with Gasteiger partial charge in [-0.15, -0.1) is 11.3 Å². The number of amides is 1. The van der Waals surface area contributed by atoms with Crippen LogP contribution in [0.3, 0.4) is 0 Å². The molecule has 0 saturated heterocycles. The lowest BCUT2D eigenvalue weighted by molar-refractivity contribution is -0.120. The van der Waals surface area contributed by atoms with Gasteiger partial charge in [-0.25, -0.2) is 0 Å². The summed E-state index contributed by atoms with van der Waals surface area (Å²) in [5.41, 5.74) is 6.84. The maximum absolute atomic E-state index is 11.7. The Kier molecular flexibility index (Phi) is 4.33. The molecule has 2 heterocycles. The molecular weight excluding hydrogens is 314 g/mol. The van der Waals surface area contributed by atoms with Crippen molar-refractivity contribution in [2.75, 3.05) is 5.73 Å². The van der Waals surface area contributed by atoms with E-state index in [1.807, 2.05) is 12.1 Å². The van der Waals surface area contributed by atoms with Gasteiger partial charge in [0, 0.05) is 10.6 Å². The molecule has 0 spiro atoms.